The van der Waals surface area contributed by atoms with Crippen LogP contribution in [0.15, 0.2) is 53.6 Å². The van der Waals surface area contributed by atoms with Gasteiger partial charge in [0.05, 0.1) is 10.8 Å². The van der Waals surface area contributed by atoms with Crippen LogP contribution in [0.3, 0.4) is 0 Å². The topological polar surface area (TPSA) is 65.8 Å². The number of carbonyl (C=O) groups is 1. The minimum Gasteiger partial charge on any atom is -0.325 e. The molecule has 0 fully saturated rings. The lowest BCUT2D eigenvalue weighted by Gasteiger charge is -2.34. The predicted octanol–water partition coefficient (Wildman–Crippen LogP) is 6.38. The third-order valence-electron chi connectivity index (χ3n) is 6.37. The molecule has 0 saturated carbocycles. The summed E-state index contributed by atoms with van der Waals surface area (Å²) in [5, 5.41) is 15.2. The molecule has 2 aromatic carbocycles. The number of anilines is 1. The molecule has 1 heterocycles. The number of hydrogen-bond acceptors (Lipinski definition) is 4. The minimum absolute atomic E-state index is 0.0958. The molecule has 1 N–H and O–H groups in total. The van der Waals surface area contributed by atoms with Gasteiger partial charge in [0.1, 0.15) is 11.1 Å². The van der Waals surface area contributed by atoms with Crippen LogP contribution in [0.1, 0.15) is 50.9 Å². The van der Waals surface area contributed by atoms with Gasteiger partial charge in [-0.15, -0.1) is 0 Å². The van der Waals surface area contributed by atoms with Crippen molar-refractivity contribution in [3.63, 3.8) is 0 Å². The molecule has 0 aliphatic heterocycles. The number of amides is 1. The number of pyridine rings is 1. The first-order chi connectivity index (χ1) is 15.2. The maximum atomic E-state index is 12.9. The van der Waals surface area contributed by atoms with Crippen molar-refractivity contribution in [3.8, 4) is 6.07 Å². The number of hydrogen-bond donors (Lipinski definition) is 1. The fraction of sp³-hybridized carbons (Fsp3) is 0.370. The zero-order valence-electron chi connectivity index (χ0n) is 19.1. The van der Waals surface area contributed by atoms with E-state index in [-0.39, 0.29) is 16.6 Å². The zero-order chi connectivity index (χ0) is 22.9. The van der Waals surface area contributed by atoms with Crippen LogP contribution in [0.4, 0.5) is 5.69 Å². The van der Waals surface area contributed by atoms with Gasteiger partial charge in [-0.25, -0.2) is 4.98 Å². The molecule has 32 heavy (non-hydrogen) atoms. The van der Waals surface area contributed by atoms with Crippen LogP contribution in [0.25, 0.3) is 10.8 Å². The van der Waals surface area contributed by atoms with Gasteiger partial charge in [-0.2, -0.15) is 5.26 Å². The molecular formula is C27H29N3OS. The van der Waals surface area contributed by atoms with E-state index in [9.17, 15) is 10.1 Å². The summed E-state index contributed by atoms with van der Waals surface area (Å²) in [5.41, 5.74) is 3.84. The second-order valence-electron chi connectivity index (χ2n) is 9.68. The molecule has 0 spiro atoms. The Hall–Kier alpha value is -2.84. The first-order valence-electron chi connectivity index (χ1n) is 11.1. The number of aryl methyl sites for hydroxylation is 1. The summed E-state index contributed by atoms with van der Waals surface area (Å²) in [6.07, 6.45) is 3.00. The van der Waals surface area contributed by atoms with Gasteiger partial charge < -0.3 is 5.32 Å². The van der Waals surface area contributed by atoms with E-state index in [4.69, 9.17) is 4.98 Å². The largest absolute Gasteiger partial charge is 0.325 e. The van der Waals surface area contributed by atoms with Gasteiger partial charge in [0, 0.05) is 11.4 Å². The second-order valence-corrected chi connectivity index (χ2v) is 11.0. The van der Waals surface area contributed by atoms with E-state index in [2.05, 4.69) is 32.2 Å². The van der Waals surface area contributed by atoms with Crippen LogP contribution < -0.4 is 5.32 Å². The number of nitrogens with one attached hydrogen (secondary N) is 1. The Labute approximate surface area is 194 Å². The van der Waals surface area contributed by atoms with Crippen molar-refractivity contribution in [1.82, 2.24) is 4.98 Å². The third kappa shape index (κ3) is 4.81. The van der Waals surface area contributed by atoms with Crippen molar-refractivity contribution in [1.29, 1.82) is 5.26 Å². The lowest BCUT2D eigenvalue weighted by molar-refractivity contribution is -0.115. The molecule has 2 unspecified atom stereocenters. The summed E-state index contributed by atoms with van der Waals surface area (Å²) in [6, 6.07) is 18.3. The van der Waals surface area contributed by atoms with Crippen molar-refractivity contribution >= 4 is 34.1 Å². The van der Waals surface area contributed by atoms with Crippen molar-refractivity contribution in [2.45, 2.75) is 57.2 Å². The van der Waals surface area contributed by atoms with Crippen molar-refractivity contribution in [2.75, 3.05) is 5.32 Å². The maximum absolute atomic E-state index is 12.9. The molecule has 2 atom stereocenters. The van der Waals surface area contributed by atoms with Crippen molar-refractivity contribution in [2.24, 2.45) is 11.3 Å². The van der Waals surface area contributed by atoms with Gasteiger partial charge in [-0.3, -0.25) is 4.79 Å². The quantitative estimate of drug-likeness (QED) is 0.475. The van der Waals surface area contributed by atoms with Crippen LogP contribution in [0.2, 0.25) is 0 Å². The van der Waals surface area contributed by atoms with Gasteiger partial charge in [0.25, 0.3) is 0 Å². The number of nitriles is 1. The zero-order valence-corrected chi connectivity index (χ0v) is 19.9. The number of benzene rings is 2. The predicted molar refractivity (Wildman–Crippen MR) is 132 cm³/mol. The molecule has 0 radical (unpaired) electrons. The molecule has 164 valence electrons. The Kier molecular flexibility index (Phi) is 6.26. The molecule has 1 aromatic heterocycles. The molecule has 1 aliphatic rings. The van der Waals surface area contributed by atoms with Crippen LogP contribution in [-0.4, -0.2) is 16.1 Å². The van der Waals surface area contributed by atoms with E-state index in [1.807, 2.05) is 55.5 Å². The molecule has 4 nitrogen and oxygen atoms in total. The lowest BCUT2D eigenvalue weighted by atomic mass is 9.71. The van der Waals surface area contributed by atoms with E-state index in [0.29, 0.717) is 16.5 Å². The second kappa shape index (κ2) is 8.96. The molecular weight excluding hydrogens is 414 g/mol. The smallest absolute Gasteiger partial charge is 0.237 e. The number of thioether (sulfide) groups is 1. The highest BCUT2D eigenvalue weighted by Gasteiger charge is 2.30. The van der Waals surface area contributed by atoms with Gasteiger partial charge in [0.15, 0.2) is 0 Å². The summed E-state index contributed by atoms with van der Waals surface area (Å²) >= 11 is 1.36. The van der Waals surface area contributed by atoms with E-state index >= 15 is 0 Å². The number of aromatic nitrogens is 1. The molecule has 0 bridgehead atoms. The number of carbonyl (C=O) groups excluding carboxylic acids is 1. The van der Waals surface area contributed by atoms with Gasteiger partial charge >= 0.3 is 0 Å². The minimum atomic E-state index is -0.370. The van der Waals surface area contributed by atoms with E-state index in [1.54, 1.807) is 0 Å². The summed E-state index contributed by atoms with van der Waals surface area (Å²) < 4.78 is 0. The average molecular weight is 444 g/mol. The summed E-state index contributed by atoms with van der Waals surface area (Å²) in [7, 11) is 0. The first kappa shape index (κ1) is 22.4. The number of fused-ring (bicyclic) bond motifs is 2. The van der Waals surface area contributed by atoms with Crippen molar-refractivity contribution in [3.05, 3.63) is 65.4 Å². The van der Waals surface area contributed by atoms with Crippen LogP contribution in [-0.2, 0) is 17.6 Å². The molecule has 0 saturated heterocycles. The Balaban J connectivity index is 1.49. The van der Waals surface area contributed by atoms with Crippen LogP contribution in [0, 0.1) is 22.7 Å². The number of rotatable bonds is 4. The Bertz CT molecular complexity index is 1210. The maximum Gasteiger partial charge on any atom is 0.237 e. The Morgan fingerprint density at radius 3 is 2.66 bits per heavy atom. The summed E-state index contributed by atoms with van der Waals surface area (Å²) in [4.78, 5) is 17.7. The van der Waals surface area contributed by atoms with Crippen LogP contribution >= 0.6 is 11.8 Å². The average Bonchev–Trinajstić information content (AvgIpc) is 2.77. The lowest BCUT2D eigenvalue weighted by Crippen LogP contribution is -2.27. The normalized spacial score (nSPS) is 16.8. The SMILES string of the molecule is CC(Sc1nc2c(cc1C#N)CC(C(C)(C)C)CC2)C(=O)Nc1ccc2ccccc2c1. The highest BCUT2D eigenvalue weighted by Crippen LogP contribution is 2.38. The van der Waals surface area contributed by atoms with E-state index < -0.39 is 0 Å². The van der Waals surface area contributed by atoms with Crippen molar-refractivity contribution < 1.29 is 4.79 Å². The fourth-order valence-corrected chi connectivity index (χ4v) is 5.18. The van der Waals surface area contributed by atoms with E-state index in [1.165, 1.54) is 17.3 Å². The highest BCUT2D eigenvalue weighted by atomic mass is 32.2. The Morgan fingerprint density at radius 2 is 1.94 bits per heavy atom. The van der Waals surface area contributed by atoms with Crippen LogP contribution in [0.5, 0.6) is 0 Å². The van der Waals surface area contributed by atoms with Gasteiger partial charge in [-0.05, 0) is 72.1 Å². The molecule has 3 aromatic rings. The molecule has 1 amide bonds. The first-order valence-corrected chi connectivity index (χ1v) is 12.0. The van der Waals surface area contributed by atoms with Gasteiger partial charge in [-0.1, -0.05) is 62.9 Å². The third-order valence-corrected chi connectivity index (χ3v) is 7.47. The highest BCUT2D eigenvalue weighted by molar-refractivity contribution is 8.00. The molecule has 1 aliphatic carbocycles. The van der Waals surface area contributed by atoms with E-state index in [0.717, 1.165) is 41.4 Å². The number of nitrogens with zero attached hydrogens (tertiary/aromatic N) is 2. The molecule has 5 heteroatoms. The Morgan fingerprint density at radius 1 is 1.19 bits per heavy atom. The standard InChI is InChI=1S/C27H29N3OS/c1-17(25(31)29-23-11-9-18-7-5-6-8-19(18)15-23)32-26-21(16-28)13-20-14-22(27(2,3)4)10-12-24(20)30-26/h5-9,11,13,15,17,22H,10,12,14H2,1-4H3,(H,29,31). The monoisotopic (exact) mass is 443 g/mol. The van der Waals surface area contributed by atoms with Gasteiger partial charge in [0.2, 0.25) is 5.91 Å². The fourth-order valence-electron chi connectivity index (χ4n) is 4.29. The molecule has 4 rings (SSSR count). The summed E-state index contributed by atoms with van der Waals surface area (Å²) in [6.45, 7) is 8.70. The summed E-state index contributed by atoms with van der Waals surface area (Å²) in [5.74, 6) is 0.495.